The van der Waals surface area contributed by atoms with Crippen molar-refractivity contribution in [1.29, 1.82) is 0 Å². The van der Waals surface area contributed by atoms with E-state index in [-0.39, 0.29) is 11.7 Å². The molecule has 7 nitrogen and oxygen atoms in total. The number of pyridine rings is 1. The zero-order chi connectivity index (χ0) is 21.7. The summed E-state index contributed by atoms with van der Waals surface area (Å²) in [5.74, 6) is 0.617. The topological polar surface area (TPSA) is 74.1 Å². The average Bonchev–Trinajstić information content (AvgIpc) is 3.35. The Kier molecular flexibility index (Phi) is 4.62. The summed E-state index contributed by atoms with van der Waals surface area (Å²) in [5, 5.41) is 7.54. The Bertz CT molecular complexity index is 1320. The molecule has 0 aliphatic carbocycles. The molecule has 0 radical (unpaired) electrons. The lowest BCUT2D eigenvalue weighted by Gasteiger charge is -2.27. The Hall–Kier alpha value is -3.37. The van der Waals surface area contributed by atoms with Gasteiger partial charge < -0.3 is 14.8 Å². The maximum Gasteiger partial charge on any atom is 0.173 e. The number of hydrogen-bond acceptors (Lipinski definition) is 7. The summed E-state index contributed by atoms with van der Waals surface area (Å²) >= 11 is 1.54. The molecule has 4 aromatic rings. The molecule has 1 aromatic carbocycles. The quantitative estimate of drug-likeness (QED) is 0.502. The third-order valence-corrected chi connectivity index (χ3v) is 6.60. The Labute approximate surface area is 185 Å². The first-order chi connectivity index (χ1) is 15.7. The monoisotopic (exact) mass is 453 g/mol. The second-order valence-corrected chi connectivity index (χ2v) is 8.70. The van der Waals surface area contributed by atoms with Crippen molar-refractivity contribution in [2.45, 2.75) is 12.5 Å². The van der Waals surface area contributed by atoms with Crippen LogP contribution in [0.25, 0.3) is 27.6 Å². The molecule has 3 aromatic heterocycles. The Morgan fingerprint density at radius 3 is 2.84 bits per heavy atom. The number of anilines is 1. The maximum absolute atomic E-state index is 14.4. The lowest BCUT2D eigenvalue weighted by Crippen LogP contribution is -2.40. The van der Waals surface area contributed by atoms with E-state index in [9.17, 15) is 8.78 Å². The van der Waals surface area contributed by atoms with Crippen molar-refractivity contribution in [3.63, 3.8) is 0 Å². The van der Waals surface area contributed by atoms with Crippen molar-refractivity contribution in [2.75, 3.05) is 25.1 Å². The molecule has 2 aliphatic heterocycles. The number of nitrogens with zero attached hydrogens (tertiary/aromatic N) is 4. The lowest BCUT2D eigenvalue weighted by atomic mass is 10.1. The van der Waals surface area contributed by atoms with Crippen LogP contribution in [0.4, 0.5) is 14.6 Å². The summed E-state index contributed by atoms with van der Waals surface area (Å²) < 4.78 is 40.3. The van der Waals surface area contributed by atoms with Crippen molar-refractivity contribution in [3.8, 4) is 33.4 Å². The highest BCUT2D eigenvalue weighted by atomic mass is 32.1. The largest absolute Gasteiger partial charge is 0.491 e. The van der Waals surface area contributed by atoms with E-state index in [1.54, 1.807) is 11.3 Å². The van der Waals surface area contributed by atoms with Crippen LogP contribution in [0, 0.1) is 11.6 Å². The molecule has 0 atom stereocenters. The zero-order valence-corrected chi connectivity index (χ0v) is 17.5. The van der Waals surface area contributed by atoms with Crippen LogP contribution in [0.2, 0.25) is 0 Å². The molecule has 2 aliphatic rings. The summed E-state index contributed by atoms with van der Waals surface area (Å²) in [7, 11) is 0. The molecule has 5 heterocycles. The maximum atomic E-state index is 14.4. The predicted molar refractivity (Wildman–Crippen MR) is 115 cm³/mol. The highest BCUT2D eigenvalue weighted by Gasteiger charge is 2.25. The second-order valence-electron chi connectivity index (χ2n) is 7.56. The highest BCUT2D eigenvalue weighted by Crippen LogP contribution is 2.42. The van der Waals surface area contributed by atoms with E-state index >= 15 is 0 Å². The first-order valence-electron chi connectivity index (χ1n) is 10.1. The summed E-state index contributed by atoms with van der Waals surface area (Å²) in [6.07, 6.45) is 2.08. The van der Waals surface area contributed by atoms with Crippen LogP contribution in [-0.2, 0) is 11.2 Å². The number of rotatable bonds is 4. The van der Waals surface area contributed by atoms with Gasteiger partial charge in [-0.15, -0.1) is 11.3 Å². The number of nitrogens with one attached hydrogen (secondary N) is 1. The first-order valence-corrected chi connectivity index (χ1v) is 10.9. The van der Waals surface area contributed by atoms with Gasteiger partial charge in [-0.05, 0) is 30.3 Å². The van der Waals surface area contributed by atoms with Gasteiger partial charge in [-0.25, -0.2) is 23.4 Å². The molecule has 32 heavy (non-hydrogen) atoms. The minimum absolute atomic E-state index is 0.138. The van der Waals surface area contributed by atoms with Crippen LogP contribution in [0.15, 0.2) is 42.7 Å². The van der Waals surface area contributed by atoms with Crippen molar-refractivity contribution in [3.05, 3.63) is 59.2 Å². The average molecular weight is 453 g/mol. The third kappa shape index (κ3) is 3.32. The number of fused-ring (bicyclic) bond motifs is 3. The summed E-state index contributed by atoms with van der Waals surface area (Å²) in [4.78, 5) is 11.1. The van der Waals surface area contributed by atoms with Gasteiger partial charge in [0.1, 0.15) is 35.1 Å². The number of hydrogen-bond donors (Lipinski definition) is 1. The van der Waals surface area contributed by atoms with Gasteiger partial charge in [0, 0.05) is 22.9 Å². The van der Waals surface area contributed by atoms with Gasteiger partial charge >= 0.3 is 0 Å². The first kappa shape index (κ1) is 19.3. The van der Waals surface area contributed by atoms with Crippen LogP contribution >= 0.6 is 11.3 Å². The molecule has 0 spiro atoms. The van der Waals surface area contributed by atoms with E-state index in [1.807, 2.05) is 18.2 Å². The number of aromatic nitrogens is 4. The van der Waals surface area contributed by atoms with Crippen LogP contribution in [0.5, 0.6) is 5.75 Å². The summed E-state index contributed by atoms with van der Waals surface area (Å²) in [6.45, 7) is 1.86. The van der Waals surface area contributed by atoms with Crippen LogP contribution in [0.3, 0.4) is 0 Å². The summed E-state index contributed by atoms with van der Waals surface area (Å²) in [6, 6.07) is 9.47. The second kappa shape index (κ2) is 7.64. The van der Waals surface area contributed by atoms with E-state index in [1.165, 1.54) is 23.1 Å². The number of halogens is 2. The van der Waals surface area contributed by atoms with Crippen molar-refractivity contribution in [1.82, 2.24) is 19.7 Å². The van der Waals surface area contributed by atoms with Crippen LogP contribution in [0.1, 0.15) is 4.88 Å². The van der Waals surface area contributed by atoms with Gasteiger partial charge in [-0.1, -0.05) is 0 Å². The molecule has 1 N–H and O–H groups in total. The number of ether oxygens (including phenoxy) is 2. The Balaban J connectivity index is 1.42. The summed E-state index contributed by atoms with van der Waals surface area (Å²) in [5.41, 5.74) is 1.85. The zero-order valence-electron chi connectivity index (χ0n) is 16.7. The van der Waals surface area contributed by atoms with Crippen LogP contribution in [-0.4, -0.2) is 45.6 Å². The third-order valence-electron chi connectivity index (χ3n) is 5.41. The molecular weight excluding hydrogens is 436 g/mol. The van der Waals surface area contributed by atoms with Crippen molar-refractivity contribution >= 4 is 17.2 Å². The molecule has 0 saturated carbocycles. The minimum atomic E-state index is -0.703. The van der Waals surface area contributed by atoms with Crippen LogP contribution < -0.4 is 10.1 Å². The van der Waals surface area contributed by atoms with E-state index < -0.39 is 11.6 Å². The molecule has 10 heteroatoms. The highest BCUT2D eigenvalue weighted by molar-refractivity contribution is 7.16. The van der Waals surface area contributed by atoms with E-state index in [0.29, 0.717) is 32.1 Å². The fourth-order valence-electron chi connectivity index (χ4n) is 3.78. The fourth-order valence-corrected chi connectivity index (χ4v) is 4.91. The van der Waals surface area contributed by atoms with Gasteiger partial charge in [-0.2, -0.15) is 5.10 Å². The van der Waals surface area contributed by atoms with E-state index in [2.05, 4.69) is 15.4 Å². The van der Waals surface area contributed by atoms with Gasteiger partial charge in [0.15, 0.2) is 11.6 Å². The van der Waals surface area contributed by atoms with E-state index in [0.717, 1.165) is 38.6 Å². The van der Waals surface area contributed by atoms with Crippen molar-refractivity contribution in [2.24, 2.45) is 0 Å². The van der Waals surface area contributed by atoms with Gasteiger partial charge in [0.2, 0.25) is 0 Å². The molecule has 1 fully saturated rings. The minimum Gasteiger partial charge on any atom is -0.491 e. The molecular formula is C22H17F2N5O2S. The van der Waals surface area contributed by atoms with Gasteiger partial charge in [0.05, 0.1) is 30.7 Å². The SMILES string of the molecule is Fc1ccc(-n2ncnc2-c2cc3c(s2)CCOc2ccc(NC4COC4)nc2-3)c(F)c1. The van der Waals surface area contributed by atoms with Crippen molar-refractivity contribution < 1.29 is 18.3 Å². The molecule has 0 bridgehead atoms. The molecule has 162 valence electrons. The lowest BCUT2D eigenvalue weighted by molar-refractivity contribution is 0.0209. The molecule has 6 rings (SSSR count). The normalized spacial score (nSPS) is 15.3. The Morgan fingerprint density at radius 1 is 1.12 bits per heavy atom. The smallest absolute Gasteiger partial charge is 0.173 e. The molecule has 0 unspecified atom stereocenters. The Morgan fingerprint density at radius 2 is 2.03 bits per heavy atom. The number of thiophene rings is 1. The van der Waals surface area contributed by atoms with E-state index in [4.69, 9.17) is 14.5 Å². The number of benzene rings is 1. The standard InChI is InChI=1S/C22H17F2N5O2S/c23-12-1-2-16(15(24)7-12)29-22(25-11-26-29)19-8-14-18(32-19)5-6-31-17-3-4-20(28-21(14)17)27-13-9-30-10-13/h1-4,7-8,11,13H,5-6,9-10H2,(H,27,28). The molecule has 1 saturated heterocycles. The fraction of sp³-hybridized carbons (Fsp3) is 0.227. The molecule has 0 amide bonds. The van der Waals surface area contributed by atoms with Gasteiger partial charge in [0.25, 0.3) is 0 Å². The predicted octanol–water partition coefficient (Wildman–Crippen LogP) is 4.08. The van der Waals surface area contributed by atoms with Gasteiger partial charge in [-0.3, -0.25) is 0 Å².